The van der Waals surface area contributed by atoms with Crippen LogP contribution in [0.3, 0.4) is 0 Å². The van der Waals surface area contributed by atoms with Gasteiger partial charge < -0.3 is 10.1 Å². The smallest absolute Gasteiger partial charge is 0.416 e. The first kappa shape index (κ1) is 14.1. The molecule has 0 saturated carbocycles. The number of ether oxygens (including phenoxy) is 1. The number of rotatable bonds is 3. The van der Waals surface area contributed by atoms with Crippen molar-refractivity contribution in [1.82, 2.24) is 19.8 Å². The fraction of sp³-hybridized carbons (Fsp3) is 0.154. The topological polar surface area (TPSA) is 64.3 Å². The monoisotopic (exact) mass is 309 g/mol. The number of hydrogen-bond donors (Lipinski definition) is 1. The molecule has 114 valence electrons. The quantitative estimate of drug-likeness (QED) is 0.806. The second kappa shape index (κ2) is 5.17. The van der Waals surface area contributed by atoms with E-state index in [4.69, 9.17) is 4.74 Å². The lowest BCUT2D eigenvalue weighted by atomic mass is 10.2. The van der Waals surface area contributed by atoms with Crippen LogP contribution >= 0.6 is 0 Å². The largest absolute Gasteiger partial charge is 0.480 e. The third-order valence-electron chi connectivity index (χ3n) is 2.92. The van der Waals surface area contributed by atoms with Gasteiger partial charge in [0.25, 0.3) is 5.95 Å². The minimum atomic E-state index is -4.37. The van der Waals surface area contributed by atoms with E-state index < -0.39 is 11.7 Å². The van der Waals surface area contributed by atoms with Gasteiger partial charge in [-0.3, -0.25) is 0 Å². The molecular weight excluding hydrogens is 299 g/mol. The highest BCUT2D eigenvalue weighted by molar-refractivity contribution is 5.56. The van der Waals surface area contributed by atoms with E-state index in [1.165, 1.54) is 23.8 Å². The Morgan fingerprint density at radius 2 is 1.77 bits per heavy atom. The number of benzene rings is 1. The van der Waals surface area contributed by atoms with Crippen molar-refractivity contribution < 1.29 is 17.9 Å². The van der Waals surface area contributed by atoms with Crippen LogP contribution < -0.4 is 10.1 Å². The summed E-state index contributed by atoms with van der Waals surface area (Å²) in [6.07, 6.45) is -4.37. The number of alkyl halides is 3. The summed E-state index contributed by atoms with van der Waals surface area (Å²) in [4.78, 5) is 0. The molecule has 0 atom stereocenters. The summed E-state index contributed by atoms with van der Waals surface area (Å²) in [5, 5.41) is 14.8. The molecule has 0 saturated heterocycles. The Labute approximate surface area is 122 Å². The number of halogens is 3. The van der Waals surface area contributed by atoms with Crippen LogP contribution in [0.2, 0.25) is 0 Å². The Kier molecular flexibility index (Phi) is 3.32. The van der Waals surface area contributed by atoms with Gasteiger partial charge >= 0.3 is 6.18 Å². The molecule has 0 bridgehead atoms. The Bertz CT molecular complexity index is 798. The van der Waals surface area contributed by atoms with Crippen molar-refractivity contribution in [2.24, 2.45) is 0 Å². The average molecular weight is 309 g/mol. The number of aromatic nitrogens is 4. The van der Waals surface area contributed by atoms with Crippen molar-refractivity contribution in [3.05, 3.63) is 42.0 Å². The molecule has 0 radical (unpaired) electrons. The van der Waals surface area contributed by atoms with Crippen LogP contribution in [0, 0.1) is 0 Å². The summed E-state index contributed by atoms with van der Waals surface area (Å²) >= 11 is 0. The minimum Gasteiger partial charge on any atom is -0.480 e. The van der Waals surface area contributed by atoms with Crippen molar-refractivity contribution >= 4 is 17.3 Å². The van der Waals surface area contributed by atoms with Gasteiger partial charge in [0.1, 0.15) is 0 Å². The van der Waals surface area contributed by atoms with Crippen molar-refractivity contribution in [3.63, 3.8) is 0 Å². The molecule has 6 nitrogen and oxygen atoms in total. The molecule has 3 rings (SSSR count). The van der Waals surface area contributed by atoms with Gasteiger partial charge in [0.05, 0.1) is 12.7 Å². The third kappa shape index (κ3) is 2.65. The number of fused-ring (bicyclic) bond motifs is 1. The number of hydrogen-bond acceptors (Lipinski definition) is 5. The predicted molar refractivity (Wildman–Crippen MR) is 72.1 cm³/mol. The second-order valence-corrected chi connectivity index (χ2v) is 4.37. The number of nitrogens with zero attached hydrogens (tertiary/aromatic N) is 4. The van der Waals surface area contributed by atoms with Gasteiger partial charge in [0, 0.05) is 11.8 Å². The average Bonchev–Trinajstić information content (AvgIpc) is 2.89. The fourth-order valence-electron chi connectivity index (χ4n) is 1.83. The van der Waals surface area contributed by atoms with Crippen LogP contribution in [-0.2, 0) is 6.18 Å². The van der Waals surface area contributed by atoms with E-state index in [-0.39, 0.29) is 5.95 Å². The van der Waals surface area contributed by atoms with E-state index in [1.54, 1.807) is 12.1 Å². The van der Waals surface area contributed by atoms with E-state index in [1.807, 2.05) is 0 Å². The molecule has 22 heavy (non-hydrogen) atoms. The van der Waals surface area contributed by atoms with Crippen molar-refractivity contribution in [2.75, 3.05) is 12.4 Å². The Hall–Kier alpha value is -2.84. The molecule has 0 fully saturated rings. The van der Waals surface area contributed by atoms with E-state index in [0.717, 1.165) is 12.1 Å². The second-order valence-electron chi connectivity index (χ2n) is 4.37. The first-order valence-corrected chi connectivity index (χ1v) is 6.18. The lowest BCUT2D eigenvalue weighted by Gasteiger charge is -2.08. The lowest BCUT2D eigenvalue weighted by Crippen LogP contribution is -2.05. The first-order valence-electron chi connectivity index (χ1n) is 6.18. The maximum absolute atomic E-state index is 12.5. The fourth-order valence-corrected chi connectivity index (χ4v) is 1.83. The molecule has 0 aliphatic rings. The highest BCUT2D eigenvalue weighted by atomic mass is 19.4. The molecule has 2 heterocycles. The molecule has 9 heteroatoms. The predicted octanol–water partition coefficient (Wildman–Crippen LogP) is 2.90. The highest BCUT2D eigenvalue weighted by Gasteiger charge is 2.29. The zero-order valence-corrected chi connectivity index (χ0v) is 11.3. The first-order chi connectivity index (χ1) is 10.5. The molecule has 0 spiro atoms. The minimum absolute atomic E-state index is 0.272. The summed E-state index contributed by atoms with van der Waals surface area (Å²) in [5.41, 5.74) is 0.200. The van der Waals surface area contributed by atoms with E-state index >= 15 is 0 Å². The standard InChI is InChI=1S/C13H10F3N5O/c1-22-11-7-6-10-18-19-12(21(10)20-11)17-9-4-2-8(3-5-9)13(14,15)16/h2-7H,1H3,(H,17,19). The number of anilines is 2. The van der Waals surface area contributed by atoms with Crippen molar-refractivity contribution in [3.8, 4) is 5.88 Å². The van der Waals surface area contributed by atoms with Gasteiger partial charge in [-0.25, -0.2) is 0 Å². The van der Waals surface area contributed by atoms with Gasteiger partial charge in [0.15, 0.2) is 5.65 Å². The maximum Gasteiger partial charge on any atom is 0.416 e. The molecule has 0 amide bonds. The molecule has 0 aliphatic heterocycles. The summed E-state index contributed by atoms with van der Waals surface area (Å²) in [7, 11) is 1.47. The normalized spacial score (nSPS) is 11.6. The molecule has 3 aromatic rings. The Morgan fingerprint density at radius 1 is 1.05 bits per heavy atom. The van der Waals surface area contributed by atoms with Gasteiger partial charge in [-0.05, 0) is 30.3 Å². The Morgan fingerprint density at radius 3 is 2.41 bits per heavy atom. The summed E-state index contributed by atoms with van der Waals surface area (Å²) in [5.74, 6) is 0.636. The highest BCUT2D eigenvalue weighted by Crippen LogP contribution is 2.30. The summed E-state index contributed by atoms with van der Waals surface area (Å²) < 4.78 is 44.0. The van der Waals surface area contributed by atoms with Gasteiger partial charge in [-0.15, -0.1) is 15.3 Å². The number of nitrogens with one attached hydrogen (secondary N) is 1. The molecule has 0 aliphatic carbocycles. The summed E-state index contributed by atoms with van der Waals surface area (Å²) in [6, 6.07) is 7.88. The lowest BCUT2D eigenvalue weighted by molar-refractivity contribution is -0.137. The zero-order chi connectivity index (χ0) is 15.7. The van der Waals surface area contributed by atoms with Gasteiger partial charge in [-0.2, -0.15) is 17.7 Å². The maximum atomic E-state index is 12.5. The van der Waals surface area contributed by atoms with Crippen molar-refractivity contribution in [1.29, 1.82) is 0 Å². The molecule has 0 unspecified atom stereocenters. The third-order valence-corrected chi connectivity index (χ3v) is 2.92. The molecule has 1 aromatic carbocycles. The van der Waals surface area contributed by atoms with Crippen LogP contribution in [0.5, 0.6) is 5.88 Å². The summed E-state index contributed by atoms with van der Waals surface area (Å²) in [6.45, 7) is 0. The number of methoxy groups -OCH3 is 1. The molecule has 2 aromatic heterocycles. The SMILES string of the molecule is COc1ccc2nnc(Nc3ccc(C(F)(F)F)cc3)n2n1. The Balaban J connectivity index is 1.90. The van der Waals surface area contributed by atoms with Gasteiger partial charge in [-0.1, -0.05) is 0 Å². The van der Waals surface area contributed by atoms with E-state index in [9.17, 15) is 13.2 Å². The molecular formula is C13H10F3N5O. The van der Waals surface area contributed by atoms with Crippen LogP contribution in [0.15, 0.2) is 36.4 Å². The van der Waals surface area contributed by atoms with Crippen molar-refractivity contribution in [2.45, 2.75) is 6.18 Å². The molecule has 1 N–H and O–H groups in total. The van der Waals surface area contributed by atoms with E-state index in [2.05, 4.69) is 20.6 Å². The van der Waals surface area contributed by atoms with Crippen LogP contribution in [0.1, 0.15) is 5.56 Å². The zero-order valence-electron chi connectivity index (χ0n) is 11.3. The van der Waals surface area contributed by atoms with Crippen LogP contribution in [-0.4, -0.2) is 26.9 Å². The van der Waals surface area contributed by atoms with Crippen LogP contribution in [0.4, 0.5) is 24.8 Å². The van der Waals surface area contributed by atoms with E-state index in [0.29, 0.717) is 17.2 Å². The van der Waals surface area contributed by atoms with Crippen LogP contribution in [0.25, 0.3) is 5.65 Å². The van der Waals surface area contributed by atoms with Gasteiger partial charge in [0.2, 0.25) is 5.88 Å².